The maximum atomic E-state index is 12.4. The van der Waals surface area contributed by atoms with Crippen molar-refractivity contribution in [2.75, 3.05) is 59.5 Å². The Hall–Kier alpha value is -0.690. The summed E-state index contributed by atoms with van der Waals surface area (Å²) < 4.78 is 4.96. The Labute approximate surface area is 127 Å². The molecule has 0 bridgehead atoms. The molecule has 0 aromatic rings. The molecule has 6 nitrogen and oxygen atoms in total. The summed E-state index contributed by atoms with van der Waals surface area (Å²) in [7, 11) is 1.60. The second-order valence-electron chi connectivity index (χ2n) is 6.15. The average Bonchev–Trinajstić information content (AvgIpc) is 3.01. The lowest BCUT2D eigenvalue weighted by molar-refractivity contribution is -0.136. The third-order valence-electron chi connectivity index (χ3n) is 4.56. The molecule has 1 amide bonds. The van der Waals surface area contributed by atoms with Crippen molar-refractivity contribution in [3.63, 3.8) is 0 Å². The molecule has 0 aromatic carbocycles. The van der Waals surface area contributed by atoms with E-state index in [-0.39, 0.29) is 11.9 Å². The van der Waals surface area contributed by atoms with Crippen LogP contribution in [-0.2, 0) is 9.53 Å². The topological polar surface area (TPSA) is 56.3 Å². The highest BCUT2D eigenvalue weighted by atomic mass is 16.5. The number of β-amino-alcohol motifs (C(OH)–C–C–N with tert-alkyl or cyclic N) is 1. The highest BCUT2D eigenvalue weighted by molar-refractivity contribution is 5.81. The lowest BCUT2D eigenvalue weighted by Crippen LogP contribution is -2.55. The van der Waals surface area contributed by atoms with Crippen LogP contribution in [0.5, 0.6) is 0 Å². The van der Waals surface area contributed by atoms with E-state index in [1.807, 2.05) is 11.8 Å². The number of piperazine rings is 1. The van der Waals surface area contributed by atoms with E-state index in [1.54, 1.807) is 7.11 Å². The predicted molar refractivity (Wildman–Crippen MR) is 81.2 cm³/mol. The van der Waals surface area contributed by atoms with Gasteiger partial charge in [-0.3, -0.25) is 14.6 Å². The average molecular weight is 299 g/mol. The van der Waals surface area contributed by atoms with Crippen LogP contribution in [0.3, 0.4) is 0 Å². The van der Waals surface area contributed by atoms with E-state index in [4.69, 9.17) is 4.74 Å². The van der Waals surface area contributed by atoms with Gasteiger partial charge in [0.05, 0.1) is 18.8 Å². The lowest BCUT2D eigenvalue weighted by Gasteiger charge is -2.39. The molecule has 0 radical (unpaired) electrons. The molecule has 2 fully saturated rings. The van der Waals surface area contributed by atoms with Gasteiger partial charge in [-0.15, -0.1) is 0 Å². The third-order valence-corrected chi connectivity index (χ3v) is 4.56. The predicted octanol–water partition coefficient (Wildman–Crippen LogP) is -0.378. The number of likely N-dealkylation sites (tertiary alicyclic amines) is 1. The molecular weight excluding hydrogens is 270 g/mol. The smallest absolute Gasteiger partial charge is 0.239 e. The Kier molecular flexibility index (Phi) is 6.41. The molecule has 2 rings (SSSR count). The van der Waals surface area contributed by atoms with Crippen LogP contribution >= 0.6 is 0 Å². The van der Waals surface area contributed by atoms with Gasteiger partial charge in [-0.2, -0.15) is 0 Å². The third kappa shape index (κ3) is 4.64. The molecule has 1 N–H and O–H groups in total. The zero-order valence-corrected chi connectivity index (χ0v) is 13.3. The summed E-state index contributed by atoms with van der Waals surface area (Å²) in [4.78, 5) is 18.9. The first-order chi connectivity index (χ1) is 10.1. The largest absolute Gasteiger partial charge is 0.389 e. The van der Waals surface area contributed by atoms with E-state index in [1.165, 1.54) is 0 Å². The second kappa shape index (κ2) is 8.08. The van der Waals surface area contributed by atoms with Crippen molar-refractivity contribution in [3.8, 4) is 0 Å². The molecular formula is C15H29N3O3. The molecule has 0 aliphatic carbocycles. The summed E-state index contributed by atoms with van der Waals surface area (Å²) >= 11 is 0. The van der Waals surface area contributed by atoms with Gasteiger partial charge in [-0.1, -0.05) is 0 Å². The summed E-state index contributed by atoms with van der Waals surface area (Å²) in [6.07, 6.45) is 1.86. The van der Waals surface area contributed by atoms with Crippen LogP contribution in [0.4, 0.5) is 0 Å². The number of aliphatic hydroxyl groups is 1. The fourth-order valence-corrected chi connectivity index (χ4v) is 3.23. The molecule has 0 spiro atoms. The number of ether oxygens (including phenoxy) is 1. The van der Waals surface area contributed by atoms with Crippen molar-refractivity contribution in [1.29, 1.82) is 0 Å². The summed E-state index contributed by atoms with van der Waals surface area (Å²) in [5, 5.41) is 9.77. The number of aliphatic hydroxyl groups excluding tert-OH is 1. The highest BCUT2D eigenvalue weighted by Gasteiger charge is 2.30. The Morgan fingerprint density at radius 2 is 1.76 bits per heavy atom. The first-order valence-corrected chi connectivity index (χ1v) is 8.04. The van der Waals surface area contributed by atoms with Crippen molar-refractivity contribution in [2.24, 2.45) is 0 Å². The zero-order chi connectivity index (χ0) is 15.2. The molecule has 122 valence electrons. The van der Waals surface area contributed by atoms with Crippen molar-refractivity contribution >= 4 is 5.91 Å². The molecule has 2 aliphatic rings. The maximum Gasteiger partial charge on any atom is 0.239 e. The van der Waals surface area contributed by atoms with E-state index in [9.17, 15) is 9.90 Å². The summed E-state index contributed by atoms with van der Waals surface area (Å²) in [5.41, 5.74) is 0. The summed E-state index contributed by atoms with van der Waals surface area (Å²) in [6, 6.07) is -0.0193. The minimum Gasteiger partial charge on any atom is -0.389 e. The number of hydrogen-bond acceptors (Lipinski definition) is 5. The quantitative estimate of drug-likeness (QED) is 0.725. The number of carbonyl (C=O) groups excluding carboxylic acids is 1. The van der Waals surface area contributed by atoms with Crippen molar-refractivity contribution in [1.82, 2.24) is 14.7 Å². The number of nitrogens with zero attached hydrogens (tertiary/aromatic N) is 3. The van der Waals surface area contributed by atoms with Crippen LogP contribution in [0.2, 0.25) is 0 Å². The van der Waals surface area contributed by atoms with Crippen LogP contribution in [0.1, 0.15) is 19.8 Å². The number of methoxy groups -OCH3 is 1. The van der Waals surface area contributed by atoms with E-state index in [2.05, 4.69) is 9.80 Å². The van der Waals surface area contributed by atoms with Crippen molar-refractivity contribution < 1.29 is 14.6 Å². The normalized spacial score (nSPS) is 24.2. The molecule has 0 saturated carbocycles. The van der Waals surface area contributed by atoms with Gasteiger partial charge < -0.3 is 14.7 Å². The number of rotatable bonds is 6. The monoisotopic (exact) mass is 299 g/mol. The van der Waals surface area contributed by atoms with Gasteiger partial charge in [-0.25, -0.2) is 0 Å². The summed E-state index contributed by atoms with van der Waals surface area (Å²) in [5.74, 6) is 0.278. The van der Waals surface area contributed by atoms with Gasteiger partial charge in [0.25, 0.3) is 0 Å². The van der Waals surface area contributed by atoms with Gasteiger partial charge >= 0.3 is 0 Å². The standard InChI is InChI=1S/C15H29N3O3/c1-13(15(20)18-5-3-4-6-18)17-9-7-16(8-10-17)11-14(19)12-21-2/h13-14,19H,3-12H2,1-2H3/t13?,14-/m1/s1. The Morgan fingerprint density at radius 3 is 2.33 bits per heavy atom. The molecule has 6 heteroatoms. The molecule has 2 saturated heterocycles. The van der Waals surface area contributed by atoms with E-state index in [0.717, 1.165) is 52.1 Å². The summed E-state index contributed by atoms with van der Waals surface area (Å²) in [6.45, 7) is 8.48. The second-order valence-corrected chi connectivity index (χ2v) is 6.15. The van der Waals surface area contributed by atoms with Crippen LogP contribution < -0.4 is 0 Å². The fraction of sp³-hybridized carbons (Fsp3) is 0.933. The molecule has 21 heavy (non-hydrogen) atoms. The minimum atomic E-state index is -0.426. The minimum absolute atomic E-state index is 0.0193. The van der Waals surface area contributed by atoms with Crippen LogP contribution in [0.15, 0.2) is 0 Å². The van der Waals surface area contributed by atoms with Crippen LogP contribution in [0.25, 0.3) is 0 Å². The van der Waals surface area contributed by atoms with Crippen molar-refractivity contribution in [3.05, 3.63) is 0 Å². The molecule has 2 heterocycles. The lowest BCUT2D eigenvalue weighted by atomic mass is 10.2. The molecule has 2 aliphatic heterocycles. The Bertz CT molecular complexity index is 326. The first-order valence-electron chi connectivity index (χ1n) is 8.04. The molecule has 0 aromatic heterocycles. The van der Waals surface area contributed by atoms with E-state index in [0.29, 0.717) is 13.2 Å². The molecule has 2 atom stereocenters. The van der Waals surface area contributed by atoms with E-state index < -0.39 is 6.10 Å². The van der Waals surface area contributed by atoms with Crippen LogP contribution in [-0.4, -0.2) is 97.4 Å². The Morgan fingerprint density at radius 1 is 1.14 bits per heavy atom. The maximum absolute atomic E-state index is 12.4. The zero-order valence-electron chi connectivity index (χ0n) is 13.3. The van der Waals surface area contributed by atoms with Gasteiger partial charge in [0.1, 0.15) is 0 Å². The number of hydrogen-bond donors (Lipinski definition) is 1. The Balaban J connectivity index is 1.73. The van der Waals surface area contributed by atoms with Crippen molar-refractivity contribution in [2.45, 2.75) is 31.9 Å². The first kappa shape index (κ1) is 16.7. The fourth-order valence-electron chi connectivity index (χ4n) is 3.23. The number of carbonyl (C=O) groups is 1. The van der Waals surface area contributed by atoms with Gasteiger partial charge in [0, 0.05) is 52.9 Å². The van der Waals surface area contributed by atoms with Crippen LogP contribution in [0, 0.1) is 0 Å². The molecule has 1 unspecified atom stereocenters. The van der Waals surface area contributed by atoms with Gasteiger partial charge in [-0.05, 0) is 19.8 Å². The SMILES string of the molecule is COC[C@H](O)CN1CCN(C(C)C(=O)N2CCCC2)CC1. The highest BCUT2D eigenvalue weighted by Crippen LogP contribution is 2.14. The van der Waals surface area contributed by atoms with Gasteiger partial charge in [0.15, 0.2) is 0 Å². The van der Waals surface area contributed by atoms with Gasteiger partial charge in [0.2, 0.25) is 5.91 Å². The number of amides is 1. The van der Waals surface area contributed by atoms with E-state index >= 15 is 0 Å².